The number of hydrogen-bond donors (Lipinski definition) is 0. The number of fused-ring (bicyclic) bond motifs is 5. The summed E-state index contributed by atoms with van der Waals surface area (Å²) in [7, 11) is 0. The maximum absolute atomic E-state index is 12.9. The fourth-order valence-corrected chi connectivity index (χ4v) is 12.5. The molecule has 0 radical (unpaired) electrons. The molecule has 0 aromatic carbocycles. The van der Waals surface area contributed by atoms with Gasteiger partial charge in [0.05, 0.1) is 0 Å². The maximum Gasteiger partial charge on any atom is 0.306 e. The molecule has 4 rings (SSSR count). The molecule has 56 heavy (non-hydrogen) atoms. The van der Waals surface area contributed by atoms with E-state index in [1.165, 1.54) is 161 Å². The minimum Gasteiger partial charge on any atom is -0.462 e. The van der Waals surface area contributed by atoms with Crippen molar-refractivity contribution in [1.82, 2.24) is 0 Å². The van der Waals surface area contributed by atoms with Gasteiger partial charge in [-0.05, 0) is 136 Å². The zero-order valence-electron chi connectivity index (χ0n) is 38.5. The molecule has 2 heteroatoms. The van der Waals surface area contributed by atoms with Crippen molar-refractivity contribution in [3.8, 4) is 0 Å². The van der Waals surface area contributed by atoms with Crippen LogP contribution in [0.15, 0.2) is 36.0 Å². The highest BCUT2D eigenvalue weighted by Gasteiger charge is 2.59. The smallest absolute Gasteiger partial charge is 0.306 e. The topological polar surface area (TPSA) is 26.3 Å². The number of esters is 1. The molecule has 4 aliphatic carbocycles. The van der Waals surface area contributed by atoms with Crippen molar-refractivity contribution >= 4 is 5.97 Å². The second-order valence-corrected chi connectivity index (χ2v) is 20.9. The summed E-state index contributed by atoms with van der Waals surface area (Å²) in [6.07, 6.45) is 50.9. The Balaban J connectivity index is 1.00. The number of carbonyl (C=O) groups excluding carboxylic acids is 1. The first-order valence-corrected chi connectivity index (χ1v) is 25.3. The largest absolute Gasteiger partial charge is 0.462 e. The Kier molecular flexibility index (Phi) is 21.4. The fraction of sp³-hybridized carbons (Fsp3) is 0.870. The highest BCUT2D eigenvalue weighted by Crippen LogP contribution is 2.67. The number of hydrogen-bond acceptors (Lipinski definition) is 2. The monoisotopic (exact) mass is 775 g/mol. The number of rotatable bonds is 28. The van der Waals surface area contributed by atoms with Crippen molar-refractivity contribution in [2.45, 2.75) is 247 Å². The normalized spacial score (nSPS) is 30.0. The maximum atomic E-state index is 12.9. The van der Waals surface area contributed by atoms with Crippen molar-refractivity contribution in [2.75, 3.05) is 0 Å². The molecule has 4 aliphatic rings. The Labute approximate surface area is 349 Å². The Morgan fingerprint density at radius 2 is 1.32 bits per heavy atom. The van der Waals surface area contributed by atoms with E-state index in [1.807, 2.05) is 0 Å². The minimum absolute atomic E-state index is 0.0626. The van der Waals surface area contributed by atoms with E-state index in [0.717, 1.165) is 67.1 Å². The van der Waals surface area contributed by atoms with Gasteiger partial charge >= 0.3 is 5.97 Å². The van der Waals surface area contributed by atoms with E-state index in [4.69, 9.17) is 4.74 Å². The van der Waals surface area contributed by atoms with Crippen LogP contribution < -0.4 is 0 Å². The van der Waals surface area contributed by atoms with E-state index in [1.54, 1.807) is 5.57 Å². The molecular weight excluding hydrogens is 681 g/mol. The Hall–Kier alpha value is -1.31. The summed E-state index contributed by atoms with van der Waals surface area (Å²) in [4.78, 5) is 12.9. The third kappa shape index (κ3) is 14.5. The Morgan fingerprint density at radius 3 is 1.95 bits per heavy atom. The molecule has 0 aromatic rings. The molecule has 9 atom stereocenters. The zero-order valence-corrected chi connectivity index (χ0v) is 38.5. The van der Waals surface area contributed by atoms with Crippen LogP contribution in [0.5, 0.6) is 0 Å². The summed E-state index contributed by atoms with van der Waals surface area (Å²) in [6.45, 7) is 17.5. The average Bonchev–Trinajstić information content (AvgIpc) is 3.54. The predicted molar refractivity (Wildman–Crippen MR) is 244 cm³/mol. The number of ether oxygens (including phenoxy) is 1. The highest BCUT2D eigenvalue weighted by molar-refractivity contribution is 5.69. The van der Waals surface area contributed by atoms with Gasteiger partial charge < -0.3 is 4.74 Å². The second kappa shape index (κ2) is 25.3. The van der Waals surface area contributed by atoms with Crippen molar-refractivity contribution in [2.24, 2.45) is 52.3 Å². The third-order valence-corrected chi connectivity index (χ3v) is 16.7. The van der Waals surface area contributed by atoms with Crippen molar-refractivity contribution in [1.29, 1.82) is 0 Å². The van der Waals surface area contributed by atoms with E-state index >= 15 is 0 Å². The van der Waals surface area contributed by atoms with Crippen molar-refractivity contribution in [3.05, 3.63) is 36.0 Å². The van der Waals surface area contributed by atoms with Crippen LogP contribution in [0.4, 0.5) is 0 Å². The van der Waals surface area contributed by atoms with Gasteiger partial charge in [-0.3, -0.25) is 4.79 Å². The first kappa shape index (κ1) is 47.4. The molecule has 2 nitrogen and oxygen atoms in total. The lowest BCUT2D eigenvalue weighted by atomic mass is 9.47. The van der Waals surface area contributed by atoms with Gasteiger partial charge in [0.25, 0.3) is 0 Å². The van der Waals surface area contributed by atoms with Crippen LogP contribution >= 0.6 is 0 Å². The minimum atomic E-state index is 0.0626. The Morgan fingerprint density at radius 1 is 0.714 bits per heavy atom. The van der Waals surface area contributed by atoms with Gasteiger partial charge in [0, 0.05) is 12.8 Å². The van der Waals surface area contributed by atoms with Gasteiger partial charge in [-0.2, -0.15) is 0 Å². The fourth-order valence-electron chi connectivity index (χ4n) is 12.5. The summed E-state index contributed by atoms with van der Waals surface area (Å²) >= 11 is 0. The zero-order chi connectivity index (χ0) is 40.2. The second-order valence-electron chi connectivity index (χ2n) is 20.9. The van der Waals surface area contributed by atoms with Gasteiger partial charge in [0.15, 0.2) is 0 Å². The molecule has 0 aliphatic heterocycles. The first-order chi connectivity index (χ1) is 27.1. The molecule has 3 fully saturated rings. The van der Waals surface area contributed by atoms with E-state index in [9.17, 15) is 4.79 Å². The highest BCUT2D eigenvalue weighted by atomic mass is 16.5. The molecule has 3 saturated carbocycles. The van der Waals surface area contributed by atoms with E-state index in [2.05, 4.69) is 78.8 Å². The lowest BCUT2D eigenvalue weighted by molar-refractivity contribution is -0.151. The van der Waals surface area contributed by atoms with Crippen molar-refractivity contribution < 1.29 is 9.53 Å². The predicted octanol–water partition coefficient (Wildman–Crippen LogP) is 17.1. The summed E-state index contributed by atoms with van der Waals surface area (Å²) in [5.41, 5.74) is 2.51. The summed E-state index contributed by atoms with van der Waals surface area (Å²) in [5, 5.41) is 0. The van der Waals surface area contributed by atoms with Crippen LogP contribution in [0.2, 0.25) is 0 Å². The van der Waals surface area contributed by atoms with Crippen LogP contribution in [0.3, 0.4) is 0 Å². The average molecular weight is 775 g/mol. The molecule has 322 valence electrons. The van der Waals surface area contributed by atoms with Gasteiger partial charge in [-0.25, -0.2) is 0 Å². The van der Waals surface area contributed by atoms with Gasteiger partial charge in [0.2, 0.25) is 0 Å². The summed E-state index contributed by atoms with van der Waals surface area (Å²) < 4.78 is 6.17. The van der Waals surface area contributed by atoms with Gasteiger partial charge in [-0.1, -0.05) is 181 Å². The van der Waals surface area contributed by atoms with Crippen LogP contribution in [0, 0.1) is 52.3 Å². The van der Waals surface area contributed by atoms with Crippen LogP contribution in [0.25, 0.3) is 0 Å². The van der Waals surface area contributed by atoms with E-state index < -0.39 is 0 Å². The quantitative estimate of drug-likeness (QED) is 0.0450. The first-order valence-electron chi connectivity index (χ1n) is 25.3. The molecule has 0 bridgehead atoms. The molecule has 0 aromatic heterocycles. The molecule has 0 N–H and O–H groups in total. The van der Waals surface area contributed by atoms with E-state index in [0.29, 0.717) is 17.3 Å². The summed E-state index contributed by atoms with van der Waals surface area (Å²) in [6, 6.07) is 0. The third-order valence-electron chi connectivity index (χ3n) is 16.7. The molecule has 9 unspecified atom stereocenters. The lowest BCUT2D eigenvalue weighted by Gasteiger charge is -2.58. The SMILES string of the molecule is CCCCC/C=C\C/C=C\CCCCCCCCCCCCCCCC(=O)OC1CCC2(C)C(=CCC3C2CCC2(C)C(C(C)CCC(C)C(C)C)CCC32)C1. The lowest BCUT2D eigenvalue weighted by Crippen LogP contribution is -2.51. The van der Waals surface area contributed by atoms with Crippen LogP contribution in [-0.2, 0) is 9.53 Å². The number of allylic oxidation sites excluding steroid dienone is 5. The summed E-state index contributed by atoms with van der Waals surface area (Å²) in [5.74, 6) is 6.08. The number of unbranched alkanes of at least 4 members (excludes halogenated alkanes) is 16. The van der Waals surface area contributed by atoms with E-state index in [-0.39, 0.29) is 12.1 Å². The molecule has 0 spiro atoms. The van der Waals surface area contributed by atoms with Gasteiger partial charge in [0.1, 0.15) is 6.10 Å². The molecule has 0 heterocycles. The number of carbonyl (C=O) groups is 1. The molecular formula is C54H94O2. The van der Waals surface area contributed by atoms with Crippen LogP contribution in [0.1, 0.15) is 241 Å². The van der Waals surface area contributed by atoms with Crippen molar-refractivity contribution in [3.63, 3.8) is 0 Å². The van der Waals surface area contributed by atoms with Crippen LogP contribution in [-0.4, -0.2) is 12.1 Å². The molecule has 0 amide bonds. The Bertz CT molecular complexity index is 1180. The molecule has 0 saturated heterocycles. The van der Waals surface area contributed by atoms with Gasteiger partial charge in [-0.15, -0.1) is 0 Å². The standard InChI is InChI=1S/C54H94O2/c1-8-9-10-11-12-13-14-15-16-17-18-19-20-21-22-23-24-25-26-27-28-29-30-31-52(55)56-47-38-40-53(6)46(42-47)34-35-48-50-37-36-49(54(50,7)41-39-51(48)53)45(5)33-32-44(4)43(2)3/h12-13,15-16,34,43-45,47-51H,8-11,14,17-33,35-42H2,1-7H3/b13-12-,16-15-.